The number of ether oxygens (including phenoxy) is 2. The second-order valence-corrected chi connectivity index (χ2v) is 4.79. The van der Waals surface area contributed by atoms with Crippen LogP contribution in [0.15, 0.2) is 0 Å². The van der Waals surface area contributed by atoms with Gasteiger partial charge in [0.2, 0.25) is 0 Å². The molecule has 0 N–H and O–H groups in total. The SMILES string of the molecule is CC(C)OC(=O)OC(=O)[C@H]1CC[C@H](C)CC1. The molecule has 0 saturated heterocycles. The van der Waals surface area contributed by atoms with Crippen molar-refractivity contribution in [2.45, 2.75) is 52.6 Å². The van der Waals surface area contributed by atoms with Crippen LogP contribution in [0.3, 0.4) is 0 Å². The van der Waals surface area contributed by atoms with Crippen LogP contribution < -0.4 is 0 Å². The average Bonchev–Trinajstić information content (AvgIpc) is 2.16. The Labute approximate surface area is 96.3 Å². The Balaban J connectivity index is 2.32. The summed E-state index contributed by atoms with van der Waals surface area (Å²) in [6.45, 7) is 5.61. The number of carbonyl (C=O) groups excluding carboxylic acids is 2. The topological polar surface area (TPSA) is 52.6 Å². The molecular formula is C12H20O4. The van der Waals surface area contributed by atoms with Gasteiger partial charge in [-0.05, 0) is 45.4 Å². The Hall–Kier alpha value is -1.06. The van der Waals surface area contributed by atoms with Crippen molar-refractivity contribution in [2.75, 3.05) is 0 Å². The fourth-order valence-corrected chi connectivity index (χ4v) is 1.88. The molecule has 0 spiro atoms. The van der Waals surface area contributed by atoms with Gasteiger partial charge in [-0.1, -0.05) is 6.92 Å². The molecule has 0 bridgehead atoms. The van der Waals surface area contributed by atoms with E-state index in [1.807, 2.05) is 0 Å². The van der Waals surface area contributed by atoms with E-state index in [9.17, 15) is 9.59 Å². The first-order valence-electron chi connectivity index (χ1n) is 5.91. The number of hydrogen-bond donors (Lipinski definition) is 0. The standard InChI is InChI=1S/C12H20O4/c1-8(2)15-12(14)16-11(13)10-6-4-9(3)5-7-10/h8-10H,4-7H2,1-3H3/t9-,10-. The molecule has 92 valence electrons. The monoisotopic (exact) mass is 228 g/mol. The molecule has 1 aliphatic rings. The van der Waals surface area contributed by atoms with Gasteiger partial charge in [-0.2, -0.15) is 0 Å². The Bertz CT molecular complexity index is 252. The smallest absolute Gasteiger partial charge is 0.431 e. The predicted molar refractivity (Wildman–Crippen MR) is 58.8 cm³/mol. The van der Waals surface area contributed by atoms with Crippen molar-refractivity contribution < 1.29 is 19.1 Å². The summed E-state index contributed by atoms with van der Waals surface area (Å²) in [7, 11) is 0. The number of rotatable bonds is 2. The van der Waals surface area contributed by atoms with E-state index >= 15 is 0 Å². The lowest BCUT2D eigenvalue weighted by Gasteiger charge is -2.24. The molecule has 0 radical (unpaired) electrons. The molecule has 4 nitrogen and oxygen atoms in total. The molecule has 16 heavy (non-hydrogen) atoms. The van der Waals surface area contributed by atoms with Crippen molar-refractivity contribution in [3.8, 4) is 0 Å². The van der Waals surface area contributed by atoms with Gasteiger partial charge in [-0.25, -0.2) is 4.79 Å². The van der Waals surface area contributed by atoms with Crippen LogP contribution in [0.4, 0.5) is 4.79 Å². The second-order valence-electron chi connectivity index (χ2n) is 4.79. The minimum atomic E-state index is -0.876. The zero-order chi connectivity index (χ0) is 12.1. The van der Waals surface area contributed by atoms with Gasteiger partial charge in [0, 0.05) is 0 Å². The highest BCUT2D eigenvalue weighted by Crippen LogP contribution is 2.29. The fraction of sp³-hybridized carbons (Fsp3) is 0.833. The summed E-state index contributed by atoms with van der Waals surface area (Å²) in [6, 6.07) is 0. The van der Waals surface area contributed by atoms with Gasteiger partial charge in [0.1, 0.15) is 0 Å². The molecule has 0 amide bonds. The molecule has 0 aromatic carbocycles. The number of hydrogen-bond acceptors (Lipinski definition) is 4. The summed E-state index contributed by atoms with van der Waals surface area (Å²) in [6.07, 6.45) is 2.55. The van der Waals surface area contributed by atoms with Gasteiger partial charge in [0.15, 0.2) is 0 Å². The Morgan fingerprint density at radius 1 is 1.12 bits per heavy atom. The zero-order valence-corrected chi connectivity index (χ0v) is 10.2. The van der Waals surface area contributed by atoms with Gasteiger partial charge in [0.05, 0.1) is 12.0 Å². The lowest BCUT2D eigenvalue weighted by Crippen LogP contribution is -2.26. The van der Waals surface area contributed by atoms with Gasteiger partial charge in [0.25, 0.3) is 0 Å². The summed E-state index contributed by atoms with van der Waals surface area (Å²) in [4.78, 5) is 22.7. The lowest BCUT2D eigenvalue weighted by molar-refractivity contribution is -0.146. The van der Waals surface area contributed by atoms with E-state index in [4.69, 9.17) is 4.74 Å². The van der Waals surface area contributed by atoms with E-state index in [-0.39, 0.29) is 12.0 Å². The minimum absolute atomic E-state index is 0.129. The highest BCUT2D eigenvalue weighted by Gasteiger charge is 2.27. The van der Waals surface area contributed by atoms with Crippen LogP contribution in [0.1, 0.15) is 46.5 Å². The first-order chi connectivity index (χ1) is 7.49. The molecule has 0 aromatic heterocycles. The molecule has 0 heterocycles. The largest absolute Gasteiger partial charge is 0.516 e. The fourth-order valence-electron chi connectivity index (χ4n) is 1.88. The molecule has 1 rings (SSSR count). The van der Waals surface area contributed by atoms with Crippen LogP contribution in [-0.4, -0.2) is 18.2 Å². The summed E-state index contributed by atoms with van der Waals surface area (Å²) < 4.78 is 9.39. The van der Waals surface area contributed by atoms with Gasteiger partial charge in [-0.15, -0.1) is 0 Å². The molecule has 0 aliphatic heterocycles. The highest BCUT2D eigenvalue weighted by molar-refractivity contribution is 5.83. The second kappa shape index (κ2) is 5.87. The van der Waals surface area contributed by atoms with E-state index < -0.39 is 12.1 Å². The molecule has 4 heteroatoms. The molecule has 0 atom stereocenters. The first kappa shape index (κ1) is 13.0. The van der Waals surface area contributed by atoms with E-state index in [1.54, 1.807) is 13.8 Å². The third-order valence-electron chi connectivity index (χ3n) is 2.87. The van der Waals surface area contributed by atoms with Crippen LogP contribution in [0.2, 0.25) is 0 Å². The summed E-state index contributed by atoms with van der Waals surface area (Å²) in [5, 5.41) is 0. The highest BCUT2D eigenvalue weighted by atomic mass is 16.7. The third kappa shape index (κ3) is 4.21. The maximum absolute atomic E-state index is 11.6. The average molecular weight is 228 g/mol. The number of esters is 1. The molecule has 1 saturated carbocycles. The quantitative estimate of drug-likeness (QED) is 0.538. The minimum Gasteiger partial charge on any atom is -0.431 e. The van der Waals surface area contributed by atoms with Crippen molar-refractivity contribution >= 4 is 12.1 Å². The Kier molecular flexibility index (Phi) is 4.77. The number of carbonyl (C=O) groups is 2. The normalized spacial score (nSPS) is 25.2. The van der Waals surface area contributed by atoms with Crippen LogP contribution in [-0.2, 0) is 14.3 Å². The van der Waals surface area contributed by atoms with Crippen molar-refractivity contribution in [3.63, 3.8) is 0 Å². The summed E-state index contributed by atoms with van der Waals surface area (Å²) in [5.74, 6) is 0.111. The summed E-state index contributed by atoms with van der Waals surface area (Å²) >= 11 is 0. The van der Waals surface area contributed by atoms with Crippen LogP contribution in [0.5, 0.6) is 0 Å². The van der Waals surface area contributed by atoms with Crippen molar-refractivity contribution in [2.24, 2.45) is 11.8 Å². The van der Waals surface area contributed by atoms with E-state index in [2.05, 4.69) is 11.7 Å². The summed E-state index contributed by atoms with van der Waals surface area (Å²) in [5.41, 5.74) is 0. The predicted octanol–water partition coefficient (Wildman–Crippen LogP) is 2.90. The van der Waals surface area contributed by atoms with Crippen molar-refractivity contribution in [3.05, 3.63) is 0 Å². The van der Waals surface area contributed by atoms with Crippen LogP contribution >= 0.6 is 0 Å². The van der Waals surface area contributed by atoms with E-state index in [0.29, 0.717) is 5.92 Å². The van der Waals surface area contributed by atoms with Crippen molar-refractivity contribution in [1.82, 2.24) is 0 Å². The van der Waals surface area contributed by atoms with E-state index in [0.717, 1.165) is 25.7 Å². The maximum atomic E-state index is 11.6. The van der Waals surface area contributed by atoms with Crippen LogP contribution in [0, 0.1) is 11.8 Å². The third-order valence-corrected chi connectivity index (χ3v) is 2.87. The van der Waals surface area contributed by atoms with Crippen LogP contribution in [0.25, 0.3) is 0 Å². The van der Waals surface area contributed by atoms with Gasteiger partial charge in [-0.3, -0.25) is 4.79 Å². The lowest BCUT2D eigenvalue weighted by atomic mass is 9.83. The zero-order valence-electron chi connectivity index (χ0n) is 10.2. The molecule has 0 unspecified atom stereocenters. The molecule has 0 aromatic rings. The Morgan fingerprint density at radius 3 is 2.19 bits per heavy atom. The van der Waals surface area contributed by atoms with Gasteiger partial charge < -0.3 is 9.47 Å². The maximum Gasteiger partial charge on any atom is 0.516 e. The first-order valence-corrected chi connectivity index (χ1v) is 5.91. The Morgan fingerprint density at radius 2 is 1.69 bits per heavy atom. The van der Waals surface area contributed by atoms with Gasteiger partial charge >= 0.3 is 12.1 Å². The van der Waals surface area contributed by atoms with E-state index in [1.165, 1.54) is 0 Å². The molecule has 1 fully saturated rings. The molecular weight excluding hydrogens is 208 g/mol. The van der Waals surface area contributed by atoms with Crippen molar-refractivity contribution in [1.29, 1.82) is 0 Å². The molecule has 1 aliphatic carbocycles.